The highest BCUT2D eigenvalue weighted by atomic mass is 35.5. The molecule has 3 aromatic rings. The summed E-state index contributed by atoms with van der Waals surface area (Å²) in [6.07, 6.45) is 15.2. The van der Waals surface area contributed by atoms with Crippen molar-refractivity contribution in [1.82, 2.24) is 10.7 Å². The number of hydrogen-bond donors (Lipinski definition) is 2. The molecule has 0 amide bonds. The van der Waals surface area contributed by atoms with Crippen molar-refractivity contribution in [2.75, 3.05) is 12.4 Å². The van der Waals surface area contributed by atoms with Crippen molar-refractivity contribution in [2.45, 2.75) is 131 Å². The van der Waals surface area contributed by atoms with Gasteiger partial charge in [0.1, 0.15) is 0 Å². The van der Waals surface area contributed by atoms with E-state index in [1.54, 1.807) is 5.56 Å². The van der Waals surface area contributed by atoms with Crippen molar-refractivity contribution >= 4 is 52.0 Å². The van der Waals surface area contributed by atoms with Gasteiger partial charge in [0.15, 0.2) is 0 Å². The molecule has 3 aromatic carbocycles. The van der Waals surface area contributed by atoms with Gasteiger partial charge in [0, 0.05) is 17.7 Å². The molecule has 2 unspecified atom stereocenters. The maximum Gasteiger partial charge on any atom is 0.0628 e. The zero-order valence-corrected chi connectivity index (χ0v) is 32.9. The number of benzene rings is 3. The second-order valence-electron chi connectivity index (χ2n) is 16.6. The van der Waals surface area contributed by atoms with E-state index >= 15 is 0 Å². The summed E-state index contributed by atoms with van der Waals surface area (Å²) in [6, 6.07) is 7.44. The summed E-state index contributed by atoms with van der Waals surface area (Å²) >= 11 is 6.73. The van der Waals surface area contributed by atoms with Crippen LogP contribution in [0.4, 0.5) is 0 Å². The molecule has 0 spiro atoms. The molecule has 2 aliphatic carbocycles. The van der Waals surface area contributed by atoms with Crippen LogP contribution in [0.2, 0.25) is 0 Å². The van der Waals surface area contributed by atoms with Gasteiger partial charge >= 0.3 is 0 Å². The molecular formula is C46H64ClN3. The molecule has 4 heteroatoms. The highest BCUT2D eigenvalue weighted by Gasteiger charge is 2.36. The number of nitrogens with one attached hydrogen (secondary N) is 2. The van der Waals surface area contributed by atoms with Crippen LogP contribution in [0.25, 0.3) is 34.7 Å². The Kier molecular flexibility index (Phi) is 11.9. The molecule has 3 nitrogen and oxygen atoms in total. The van der Waals surface area contributed by atoms with Crippen LogP contribution in [0.15, 0.2) is 35.6 Å². The van der Waals surface area contributed by atoms with Gasteiger partial charge in [-0.3, -0.25) is 5.43 Å². The normalized spacial score (nSPS) is 26.0. The minimum Gasteiger partial charge on any atom is -0.314 e. The molecule has 2 fully saturated rings. The van der Waals surface area contributed by atoms with E-state index in [0.717, 1.165) is 59.7 Å². The van der Waals surface area contributed by atoms with Crippen LogP contribution >= 0.6 is 11.6 Å². The van der Waals surface area contributed by atoms with E-state index in [0.29, 0.717) is 23.6 Å². The third-order valence-electron chi connectivity index (χ3n) is 13.4. The van der Waals surface area contributed by atoms with Crippen LogP contribution in [0, 0.1) is 43.4 Å². The van der Waals surface area contributed by atoms with Crippen LogP contribution in [-0.4, -0.2) is 24.2 Å². The summed E-state index contributed by atoms with van der Waals surface area (Å²) in [4.78, 5) is 0. The fourth-order valence-electron chi connectivity index (χ4n) is 10.4. The molecule has 1 heterocycles. The Balaban J connectivity index is 1.37. The van der Waals surface area contributed by atoms with Crippen molar-refractivity contribution in [3.8, 4) is 0 Å². The lowest BCUT2D eigenvalue weighted by atomic mass is 9.66. The lowest BCUT2D eigenvalue weighted by Gasteiger charge is -2.40. The van der Waals surface area contributed by atoms with Crippen LogP contribution in [0.3, 0.4) is 0 Å². The second-order valence-corrected chi connectivity index (χ2v) is 16.9. The second kappa shape index (κ2) is 16.0. The van der Waals surface area contributed by atoms with Crippen molar-refractivity contribution in [3.05, 3.63) is 68.7 Å². The summed E-state index contributed by atoms with van der Waals surface area (Å²) in [5, 5.41) is 16.4. The van der Waals surface area contributed by atoms with Crippen LogP contribution < -0.4 is 21.2 Å². The first-order chi connectivity index (χ1) is 24.1. The zero-order chi connectivity index (χ0) is 35.7. The predicted octanol–water partition coefficient (Wildman–Crippen LogP) is 10.4. The first-order valence-electron chi connectivity index (χ1n) is 20.0. The molecule has 0 radical (unpaired) electrons. The third kappa shape index (κ3) is 7.20. The monoisotopic (exact) mass is 693 g/mol. The average Bonchev–Trinajstić information content (AvgIpc) is 3.12. The van der Waals surface area contributed by atoms with Crippen LogP contribution in [-0.2, 0) is 12.8 Å². The molecule has 4 atom stereocenters. The van der Waals surface area contributed by atoms with Gasteiger partial charge in [0.25, 0.3) is 0 Å². The Morgan fingerprint density at radius 1 is 0.960 bits per heavy atom. The van der Waals surface area contributed by atoms with Crippen LogP contribution in [0.1, 0.15) is 126 Å². The van der Waals surface area contributed by atoms with Crippen molar-refractivity contribution in [1.29, 1.82) is 0 Å². The Labute approximate surface area is 308 Å². The highest BCUT2D eigenvalue weighted by Crippen LogP contribution is 2.47. The maximum atomic E-state index is 6.73. The Morgan fingerprint density at radius 2 is 1.66 bits per heavy atom. The lowest BCUT2D eigenvalue weighted by molar-refractivity contribution is 0.182. The molecule has 2 N–H and O–H groups in total. The molecule has 3 aliphatic rings. The molecule has 50 heavy (non-hydrogen) atoms. The topological polar surface area (TPSA) is 36.4 Å². The number of alkyl halides is 1. The third-order valence-corrected chi connectivity index (χ3v) is 13.7. The average molecular weight is 694 g/mol. The summed E-state index contributed by atoms with van der Waals surface area (Å²) in [6.45, 7) is 28.7. The van der Waals surface area contributed by atoms with E-state index < -0.39 is 0 Å². The fourth-order valence-corrected chi connectivity index (χ4v) is 10.7. The van der Waals surface area contributed by atoms with Crippen LogP contribution in [0.5, 0.6) is 0 Å². The number of piperidine rings is 1. The molecule has 6 rings (SSSR count). The number of nitrogens with zero attached hydrogens (tertiary/aromatic N) is 1. The molecule has 270 valence electrons. The van der Waals surface area contributed by atoms with Gasteiger partial charge in [-0.2, -0.15) is 5.10 Å². The molecule has 1 saturated carbocycles. The van der Waals surface area contributed by atoms with Gasteiger partial charge in [-0.15, -0.1) is 11.6 Å². The summed E-state index contributed by atoms with van der Waals surface area (Å²) < 4.78 is 0. The van der Waals surface area contributed by atoms with E-state index in [-0.39, 0.29) is 0 Å². The maximum absolute atomic E-state index is 6.73. The zero-order valence-electron chi connectivity index (χ0n) is 32.1. The Hall–Kier alpha value is -2.62. The first-order valence-corrected chi connectivity index (χ1v) is 20.6. The molecular weight excluding hydrogens is 630 g/mol. The summed E-state index contributed by atoms with van der Waals surface area (Å²) in [5.41, 5.74) is 12.6. The minimum atomic E-state index is 0.298. The number of halogens is 1. The number of aryl methyl sites for hydroxylation is 3. The minimum absolute atomic E-state index is 0.298. The fraction of sp³-hybridized carbons (Fsp3) is 0.587. The van der Waals surface area contributed by atoms with Gasteiger partial charge in [-0.1, -0.05) is 97.7 Å². The lowest BCUT2D eigenvalue weighted by Crippen LogP contribution is -2.42. The van der Waals surface area contributed by atoms with Crippen molar-refractivity contribution in [3.63, 3.8) is 0 Å². The number of fused-ring (bicyclic) bond motifs is 3. The van der Waals surface area contributed by atoms with E-state index in [9.17, 15) is 0 Å². The van der Waals surface area contributed by atoms with E-state index in [2.05, 4.69) is 77.1 Å². The number of allylic oxidation sites excluding steroid dienone is 1. The highest BCUT2D eigenvalue weighted by molar-refractivity contribution is 6.29. The number of rotatable bonds is 11. The van der Waals surface area contributed by atoms with E-state index in [4.69, 9.17) is 29.9 Å². The molecule has 0 bridgehead atoms. The van der Waals surface area contributed by atoms with E-state index in [1.807, 2.05) is 0 Å². The SMILES string of the molecule is C=C(N/N=C(\CCl)C1Cc2c(c(C)c3c(=C)c4c(CC)cccc4c(=C)c3c2C)[C@@H](CC2CCC(CC3NCCC[C@@H]3CC)CC2)C1)C(C)C. The standard InChI is InChI=1S/C46H64ClN3/c1-10-35-15-13-21-48-41(35)23-34-19-17-33(18-20-34)22-38-24-37(42(26-47)50-49-32(9)27(3)4)25-40-29(6)43-28(5)39-16-12-14-36(11-2)45(39)30(7)44(43)31(8)46(38)40/h12,14,16,27,33-35,37-38,41,48-49H,5,7,9-11,13,15,17-26H2,1-4,6,8H3/b50-42+/t33?,34?,35-,37?,38-,41?/m0/s1. The van der Waals surface area contributed by atoms with Crippen molar-refractivity contribution < 1.29 is 0 Å². The molecule has 0 aromatic heterocycles. The van der Waals surface area contributed by atoms with Gasteiger partial charge in [0.05, 0.1) is 11.6 Å². The van der Waals surface area contributed by atoms with E-state index in [1.165, 1.54) is 113 Å². The number of hydrazone groups is 1. The molecule has 1 saturated heterocycles. The van der Waals surface area contributed by atoms with Crippen molar-refractivity contribution in [2.24, 2.45) is 34.7 Å². The van der Waals surface area contributed by atoms with Gasteiger partial charge in [-0.05, 0) is 155 Å². The predicted molar refractivity (Wildman–Crippen MR) is 220 cm³/mol. The van der Waals surface area contributed by atoms with Gasteiger partial charge in [-0.25, -0.2) is 0 Å². The Bertz CT molecular complexity index is 1850. The van der Waals surface area contributed by atoms with Gasteiger partial charge in [0.2, 0.25) is 0 Å². The summed E-state index contributed by atoms with van der Waals surface area (Å²) in [5.74, 6) is 4.03. The van der Waals surface area contributed by atoms with Gasteiger partial charge < -0.3 is 5.32 Å². The molecule has 1 aliphatic heterocycles. The largest absolute Gasteiger partial charge is 0.314 e. The first kappa shape index (κ1) is 37.1. The number of hydrogen-bond acceptors (Lipinski definition) is 3. The Morgan fingerprint density at radius 3 is 2.32 bits per heavy atom. The quantitative estimate of drug-likeness (QED) is 0.0908. The smallest absolute Gasteiger partial charge is 0.0628 e. The summed E-state index contributed by atoms with van der Waals surface area (Å²) in [7, 11) is 0.